The van der Waals surface area contributed by atoms with E-state index in [2.05, 4.69) is 0 Å². The Balaban J connectivity index is 2.31. The van der Waals surface area contributed by atoms with Crippen molar-refractivity contribution in [3.8, 4) is 5.75 Å². The molecule has 1 aromatic carbocycles. The van der Waals surface area contributed by atoms with Crippen molar-refractivity contribution in [1.82, 2.24) is 4.31 Å². The third kappa shape index (κ3) is 3.08. The minimum absolute atomic E-state index is 0.0171. The van der Waals surface area contributed by atoms with Gasteiger partial charge in [-0.05, 0) is 37.5 Å². The maximum Gasteiger partial charge on any atom is 0.243 e. The van der Waals surface area contributed by atoms with Crippen molar-refractivity contribution >= 4 is 10.0 Å². The first kappa shape index (κ1) is 14.3. The van der Waals surface area contributed by atoms with Gasteiger partial charge in [-0.2, -0.15) is 4.31 Å². The zero-order valence-electron chi connectivity index (χ0n) is 10.7. The summed E-state index contributed by atoms with van der Waals surface area (Å²) in [6.45, 7) is 0.458. The van der Waals surface area contributed by atoms with Crippen LogP contribution in [0.1, 0.15) is 25.7 Å². The van der Waals surface area contributed by atoms with Crippen LogP contribution in [0.15, 0.2) is 29.2 Å². The normalized spacial score (nSPS) is 21.4. The Morgan fingerprint density at radius 3 is 2.79 bits per heavy atom. The van der Waals surface area contributed by atoms with Gasteiger partial charge in [0.25, 0.3) is 0 Å². The Kier molecular flexibility index (Phi) is 4.44. The lowest BCUT2D eigenvalue weighted by molar-refractivity contribution is 0.192. The third-order valence-electron chi connectivity index (χ3n) is 3.46. The van der Waals surface area contributed by atoms with Gasteiger partial charge in [-0.1, -0.05) is 12.5 Å². The van der Waals surface area contributed by atoms with Crippen LogP contribution in [-0.4, -0.2) is 42.1 Å². The van der Waals surface area contributed by atoms with Crippen molar-refractivity contribution in [3.05, 3.63) is 24.3 Å². The number of benzene rings is 1. The van der Waals surface area contributed by atoms with E-state index in [-0.39, 0.29) is 23.3 Å². The van der Waals surface area contributed by atoms with E-state index in [1.165, 1.54) is 28.6 Å². The van der Waals surface area contributed by atoms with Crippen LogP contribution in [-0.2, 0) is 10.0 Å². The Hall–Kier alpha value is -1.11. The molecule has 0 saturated carbocycles. The number of phenols is 1. The lowest BCUT2D eigenvalue weighted by Gasteiger charge is -2.34. The zero-order chi connectivity index (χ0) is 13.9. The van der Waals surface area contributed by atoms with Crippen LogP contribution in [0.3, 0.4) is 0 Å². The second-order valence-electron chi connectivity index (χ2n) is 4.77. The highest BCUT2D eigenvalue weighted by molar-refractivity contribution is 7.89. The first-order valence-electron chi connectivity index (χ1n) is 6.47. The summed E-state index contributed by atoms with van der Waals surface area (Å²) in [6.07, 6.45) is 3.05. The number of phenolic OH excluding ortho intramolecular Hbond substituents is 1. The molecule has 19 heavy (non-hydrogen) atoms. The number of aromatic hydroxyl groups is 1. The number of aliphatic hydroxyl groups excluding tert-OH is 1. The van der Waals surface area contributed by atoms with Crippen LogP contribution >= 0.6 is 0 Å². The average Bonchev–Trinajstić information content (AvgIpc) is 2.39. The van der Waals surface area contributed by atoms with Crippen molar-refractivity contribution in [1.29, 1.82) is 0 Å². The van der Waals surface area contributed by atoms with Crippen molar-refractivity contribution in [2.24, 2.45) is 0 Å². The number of nitrogens with zero attached hydrogens (tertiary/aromatic N) is 1. The summed E-state index contributed by atoms with van der Waals surface area (Å²) in [4.78, 5) is 0.109. The molecule has 1 atom stereocenters. The molecule has 1 aliphatic heterocycles. The molecule has 0 aliphatic carbocycles. The molecule has 1 aliphatic rings. The highest BCUT2D eigenvalue weighted by Gasteiger charge is 2.33. The molecule has 2 N–H and O–H groups in total. The summed E-state index contributed by atoms with van der Waals surface area (Å²) in [7, 11) is -3.59. The van der Waals surface area contributed by atoms with Crippen LogP contribution in [0, 0.1) is 0 Å². The number of aliphatic hydroxyl groups is 1. The van der Waals surface area contributed by atoms with E-state index in [0.29, 0.717) is 13.0 Å². The average molecular weight is 285 g/mol. The third-order valence-corrected chi connectivity index (χ3v) is 5.41. The van der Waals surface area contributed by atoms with Crippen LogP contribution in [0.2, 0.25) is 0 Å². The molecule has 5 nitrogen and oxygen atoms in total. The van der Waals surface area contributed by atoms with Gasteiger partial charge in [0, 0.05) is 19.2 Å². The maximum atomic E-state index is 12.6. The second-order valence-corrected chi connectivity index (χ2v) is 6.67. The fourth-order valence-electron chi connectivity index (χ4n) is 2.51. The smallest absolute Gasteiger partial charge is 0.243 e. The molecule has 2 rings (SSSR count). The van der Waals surface area contributed by atoms with Gasteiger partial charge in [0.15, 0.2) is 0 Å². The number of hydrogen-bond donors (Lipinski definition) is 2. The quantitative estimate of drug-likeness (QED) is 0.874. The molecule has 0 bridgehead atoms. The molecule has 1 aromatic rings. The van der Waals surface area contributed by atoms with Gasteiger partial charge in [-0.25, -0.2) is 8.42 Å². The molecule has 1 unspecified atom stereocenters. The summed E-state index contributed by atoms with van der Waals surface area (Å²) >= 11 is 0. The standard InChI is InChI=1S/C13H19NO4S/c15-9-7-11-4-1-2-8-14(11)19(17,18)13-6-3-5-12(16)10-13/h3,5-6,10-11,15-16H,1-2,4,7-9H2. The van der Waals surface area contributed by atoms with Crippen molar-refractivity contribution in [2.75, 3.05) is 13.2 Å². The fraction of sp³-hybridized carbons (Fsp3) is 0.538. The number of hydrogen-bond acceptors (Lipinski definition) is 4. The predicted octanol–water partition coefficient (Wildman–Crippen LogP) is 1.32. The molecule has 1 saturated heterocycles. The summed E-state index contributed by atoms with van der Waals surface area (Å²) < 4.78 is 26.6. The zero-order valence-corrected chi connectivity index (χ0v) is 11.5. The van der Waals surface area contributed by atoms with E-state index in [9.17, 15) is 13.5 Å². The number of sulfonamides is 1. The molecule has 0 amide bonds. The van der Waals surface area contributed by atoms with Gasteiger partial charge in [0.05, 0.1) is 4.90 Å². The van der Waals surface area contributed by atoms with Crippen LogP contribution in [0.25, 0.3) is 0 Å². The van der Waals surface area contributed by atoms with Crippen LogP contribution in [0.4, 0.5) is 0 Å². The SMILES string of the molecule is O=S(=O)(c1cccc(O)c1)N1CCCCC1CCO. The highest BCUT2D eigenvalue weighted by Crippen LogP contribution is 2.28. The fourth-order valence-corrected chi connectivity index (χ4v) is 4.27. The van der Waals surface area contributed by atoms with E-state index in [1.54, 1.807) is 0 Å². The van der Waals surface area contributed by atoms with Crippen LogP contribution < -0.4 is 0 Å². The van der Waals surface area contributed by atoms with Crippen molar-refractivity contribution in [2.45, 2.75) is 36.6 Å². The molecule has 0 radical (unpaired) electrons. The molecule has 106 valence electrons. The highest BCUT2D eigenvalue weighted by atomic mass is 32.2. The van der Waals surface area contributed by atoms with Crippen molar-refractivity contribution in [3.63, 3.8) is 0 Å². The Morgan fingerprint density at radius 2 is 2.11 bits per heavy atom. The van der Waals surface area contributed by atoms with Gasteiger partial charge < -0.3 is 10.2 Å². The Morgan fingerprint density at radius 1 is 1.32 bits per heavy atom. The maximum absolute atomic E-state index is 12.6. The Bertz CT molecular complexity index is 527. The lowest BCUT2D eigenvalue weighted by Crippen LogP contribution is -2.44. The van der Waals surface area contributed by atoms with Crippen LogP contribution in [0.5, 0.6) is 5.75 Å². The van der Waals surface area contributed by atoms with E-state index in [0.717, 1.165) is 19.3 Å². The largest absolute Gasteiger partial charge is 0.508 e. The predicted molar refractivity (Wildman–Crippen MR) is 71.3 cm³/mol. The van der Waals surface area contributed by atoms with Crippen molar-refractivity contribution < 1.29 is 18.6 Å². The van der Waals surface area contributed by atoms with Gasteiger partial charge in [0.2, 0.25) is 10.0 Å². The van der Waals surface area contributed by atoms with E-state index < -0.39 is 10.0 Å². The second kappa shape index (κ2) is 5.90. The monoisotopic (exact) mass is 285 g/mol. The van der Waals surface area contributed by atoms with E-state index in [4.69, 9.17) is 5.11 Å². The molecule has 6 heteroatoms. The minimum Gasteiger partial charge on any atom is -0.508 e. The molecular formula is C13H19NO4S. The first-order chi connectivity index (χ1) is 9.05. The molecule has 0 spiro atoms. The molecule has 1 heterocycles. The number of piperidine rings is 1. The topological polar surface area (TPSA) is 77.8 Å². The first-order valence-corrected chi connectivity index (χ1v) is 7.91. The molecular weight excluding hydrogens is 266 g/mol. The van der Waals surface area contributed by atoms with Gasteiger partial charge in [-0.3, -0.25) is 0 Å². The summed E-state index contributed by atoms with van der Waals surface area (Å²) in [5, 5.41) is 18.5. The summed E-state index contributed by atoms with van der Waals surface area (Å²) in [5.74, 6) is -0.0585. The number of rotatable bonds is 4. The van der Waals surface area contributed by atoms with Gasteiger partial charge >= 0.3 is 0 Å². The molecule has 1 fully saturated rings. The van der Waals surface area contributed by atoms with E-state index in [1.807, 2.05) is 0 Å². The molecule has 0 aromatic heterocycles. The summed E-state index contributed by atoms with van der Waals surface area (Å²) in [5.41, 5.74) is 0. The van der Waals surface area contributed by atoms with Gasteiger partial charge in [0.1, 0.15) is 5.75 Å². The Labute approximate surface area is 113 Å². The van der Waals surface area contributed by atoms with Gasteiger partial charge in [-0.15, -0.1) is 0 Å². The van der Waals surface area contributed by atoms with E-state index >= 15 is 0 Å². The lowest BCUT2D eigenvalue weighted by atomic mass is 10.0. The minimum atomic E-state index is -3.59. The summed E-state index contributed by atoms with van der Waals surface area (Å²) in [6, 6.07) is 5.57.